The second-order valence-corrected chi connectivity index (χ2v) is 6.05. The summed E-state index contributed by atoms with van der Waals surface area (Å²) in [6, 6.07) is 3.54. The molecule has 1 saturated heterocycles. The van der Waals surface area contributed by atoms with Gasteiger partial charge in [0.25, 0.3) is 0 Å². The average Bonchev–Trinajstić information content (AvgIpc) is 3.33. The molecule has 0 spiro atoms. The van der Waals surface area contributed by atoms with Crippen LogP contribution in [0, 0.1) is 0 Å². The number of nitrogens with one attached hydrogen (secondary N) is 2. The van der Waals surface area contributed by atoms with Crippen molar-refractivity contribution in [1.29, 1.82) is 0 Å². The number of carbonyl (C=O) groups is 1. The minimum atomic E-state index is -0.281. The third kappa shape index (κ3) is 2.32. The highest BCUT2D eigenvalue weighted by molar-refractivity contribution is 6.04. The molecule has 2 aliphatic heterocycles. The summed E-state index contributed by atoms with van der Waals surface area (Å²) in [5.74, 6) is 1.37. The van der Waals surface area contributed by atoms with E-state index in [1.54, 1.807) is 11.1 Å². The second kappa shape index (κ2) is 5.72. The topological polar surface area (TPSA) is 129 Å². The first kappa shape index (κ1) is 14.7. The number of aromatic amines is 1. The quantitative estimate of drug-likeness (QED) is 0.690. The van der Waals surface area contributed by atoms with Gasteiger partial charge in [0.15, 0.2) is 11.6 Å². The average molecular weight is 350 g/mol. The molecule has 3 aromatic rings. The zero-order valence-electron chi connectivity index (χ0n) is 13.6. The van der Waals surface area contributed by atoms with Crippen molar-refractivity contribution >= 4 is 23.4 Å². The number of rotatable bonds is 2. The van der Waals surface area contributed by atoms with Gasteiger partial charge >= 0.3 is 6.03 Å². The van der Waals surface area contributed by atoms with Crippen LogP contribution in [0.15, 0.2) is 30.7 Å². The summed E-state index contributed by atoms with van der Waals surface area (Å²) in [4.78, 5) is 29.6. The molecule has 26 heavy (non-hydrogen) atoms. The zero-order chi connectivity index (χ0) is 17.5. The third-order valence-corrected chi connectivity index (χ3v) is 4.54. The number of H-pyrrole nitrogens is 1. The fourth-order valence-corrected chi connectivity index (χ4v) is 3.40. The molecular formula is C15H14N10O. The van der Waals surface area contributed by atoms with E-state index in [0.717, 1.165) is 25.2 Å². The Morgan fingerprint density at radius 1 is 1.31 bits per heavy atom. The van der Waals surface area contributed by atoms with Gasteiger partial charge in [-0.2, -0.15) is 5.21 Å². The molecule has 1 atom stereocenters. The fraction of sp³-hybridized carbons (Fsp3) is 0.267. The number of hydrogen-bond donors (Lipinski definition) is 2. The van der Waals surface area contributed by atoms with E-state index < -0.39 is 0 Å². The maximum Gasteiger partial charge on any atom is 0.329 e. The maximum atomic E-state index is 13.0. The van der Waals surface area contributed by atoms with Crippen molar-refractivity contribution in [3.63, 3.8) is 0 Å². The number of amides is 2. The van der Waals surface area contributed by atoms with Crippen molar-refractivity contribution in [3.8, 4) is 11.5 Å². The molecule has 130 valence electrons. The third-order valence-electron chi connectivity index (χ3n) is 4.54. The SMILES string of the molecule is O=C(Nc1cnccn1)N1c2nc(-c3nn[nH]n3)ccc2N2CCC1C2. The van der Waals surface area contributed by atoms with E-state index >= 15 is 0 Å². The first-order chi connectivity index (χ1) is 12.8. The van der Waals surface area contributed by atoms with Gasteiger partial charge in [-0.1, -0.05) is 0 Å². The molecule has 0 radical (unpaired) electrons. The van der Waals surface area contributed by atoms with Gasteiger partial charge in [-0.3, -0.25) is 15.2 Å². The van der Waals surface area contributed by atoms with Gasteiger partial charge in [-0.05, 0) is 23.8 Å². The molecule has 1 fully saturated rings. The minimum Gasteiger partial charge on any atom is -0.366 e. The van der Waals surface area contributed by atoms with Crippen LogP contribution >= 0.6 is 0 Å². The normalized spacial score (nSPS) is 17.9. The highest BCUT2D eigenvalue weighted by atomic mass is 16.2. The Hall–Kier alpha value is -3.63. The van der Waals surface area contributed by atoms with Crippen molar-refractivity contribution in [1.82, 2.24) is 35.6 Å². The molecule has 5 heterocycles. The number of carbonyl (C=O) groups excluding carboxylic acids is 1. The summed E-state index contributed by atoms with van der Waals surface area (Å²) < 4.78 is 0. The summed E-state index contributed by atoms with van der Waals surface area (Å²) in [6.45, 7) is 1.67. The maximum absolute atomic E-state index is 13.0. The summed E-state index contributed by atoms with van der Waals surface area (Å²) in [5, 5.41) is 16.7. The van der Waals surface area contributed by atoms with E-state index in [-0.39, 0.29) is 12.1 Å². The Labute approximate surface area is 147 Å². The number of fused-ring (bicyclic) bond motifs is 4. The van der Waals surface area contributed by atoms with Crippen molar-refractivity contribution in [3.05, 3.63) is 30.7 Å². The number of hydrogen-bond acceptors (Lipinski definition) is 8. The lowest BCUT2D eigenvalue weighted by molar-refractivity contribution is 0.254. The molecule has 2 bridgehead atoms. The number of aromatic nitrogens is 7. The molecule has 2 N–H and O–H groups in total. The first-order valence-electron chi connectivity index (χ1n) is 8.15. The van der Waals surface area contributed by atoms with Gasteiger partial charge in [0.2, 0.25) is 5.82 Å². The summed E-state index contributed by atoms with van der Waals surface area (Å²) in [6.07, 6.45) is 5.47. The van der Waals surface area contributed by atoms with Crippen molar-refractivity contribution in [2.45, 2.75) is 12.5 Å². The Kier molecular flexibility index (Phi) is 3.23. The van der Waals surface area contributed by atoms with E-state index in [1.165, 1.54) is 12.4 Å². The van der Waals surface area contributed by atoms with Crippen LogP contribution in [0.4, 0.5) is 22.1 Å². The Morgan fingerprint density at radius 2 is 2.27 bits per heavy atom. The van der Waals surface area contributed by atoms with Crippen LogP contribution in [0.1, 0.15) is 6.42 Å². The zero-order valence-corrected chi connectivity index (χ0v) is 13.6. The van der Waals surface area contributed by atoms with Crippen molar-refractivity contribution in [2.75, 3.05) is 28.2 Å². The van der Waals surface area contributed by atoms with Crippen LogP contribution in [0.25, 0.3) is 11.5 Å². The molecule has 0 aliphatic carbocycles. The van der Waals surface area contributed by atoms with Gasteiger partial charge in [-0.25, -0.2) is 14.8 Å². The van der Waals surface area contributed by atoms with Gasteiger partial charge in [0.05, 0.1) is 17.9 Å². The highest BCUT2D eigenvalue weighted by Gasteiger charge is 2.40. The largest absolute Gasteiger partial charge is 0.366 e. The summed E-state index contributed by atoms with van der Waals surface area (Å²) >= 11 is 0. The Morgan fingerprint density at radius 3 is 3.08 bits per heavy atom. The molecule has 2 aliphatic rings. The number of pyridine rings is 1. The van der Waals surface area contributed by atoms with Gasteiger partial charge < -0.3 is 4.90 Å². The number of nitrogens with zero attached hydrogens (tertiary/aromatic N) is 8. The highest BCUT2D eigenvalue weighted by Crippen LogP contribution is 2.39. The lowest BCUT2D eigenvalue weighted by Crippen LogP contribution is -2.48. The smallest absolute Gasteiger partial charge is 0.329 e. The second-order valence-electron chi connectivity index (χ2n) is 6.05. The molecule has 11 heteroatoms. The van der Waals surface area contributed by atoms with Crippen LogP contribution in [0.3, 0.4) is 0 Å². The minimum absolute atomic E-state index is 0.0483. The molecule has 0 aromatic carbocycles. The molecule has 5 rings (SSSR count). The van der Waals surface area contributed by atoms with Gasteiger partial charge in [-0.15, -0.1) is 10.2 Å². The number of urea groups is 1. The van der Waals surface area contributed by atoms with Crippen LogP contribution in [-0.4, -0.2) is 60.7 Å². The van der Waals surface area contributed by atoms with E-state index in [2.05, 4.69) is 45.8 Å². The van der Waals surface area contributed by atoms with E-state index in [4.69, 9.17) is 0 Å². The predicted molar refractivity (Wildman–Crippen MR) is 91.6 cm³/mol. The molecule has 0 saturated carbocycles. The lowest BCUT2D eigenvalue weighted by Gasteiger charge is -2.35. The Bertz CT molecular complexity index is 944. The fourth-order valence-electron chi connectivity index (χ4n) is 3.40. The van der Waals surface area contributed by atoms with Gasteiger partial charge in [0, 0.05) is 25.5 Å². The molecule has 3 aromatic heterocycles. The molecule has 11 nitrogen and oxygen atoms in total. The van der Waals surface area contributed by atoms with Crippen molar-refractivity contribution in [2.24, 2.45) is 0 Å². The lowest BCUT2D eigenvalue weighted by atomic mass is 10.1. The van der Waals surface area contributed by atoms with E-state index in [9.17, 15) is 4.79 Å². The standard InChI is InChI=1S/C15H14N10O/c26-15(19-12-7-16-4-5-17-12)25-9-3-6-24(8-9)11-2-1-10(18-14(11)25)13-20-22-23-21-13/h1-2,4-5,7,9H,3,6,8H2,(H,17,19,26)(H,20,21,22,23). The van der Waals surface area contributed by atoms with Crippen LogP contribution in [0.5, 0.6) is 0 Å². The number of anilines is 3. The molecule has 2 amide bonds. The molecule has 1 unspecified atom stereocenters. The van der Waals surface area contributed by atoms with Crippen LogP contribution in [0.2, 0.25) is 0 Å². The summed E-state index contributed by atoms with van der Waals surface area (Å²) in [7, 11) is 0. The predicted octanol–water partition coefficient (Wildman–Crippen LogP) is 0.682. The van der Waals surface area contributed by atoms with Crippen molar-refractivity contribution < 1.29 is 4.79 Å². The monoisotopic (exact) mass is 350 g/mol. The van der Waals surface area contributed by atoms with Gasteiger partial charge in [0.1, 0.15) is 5.69 Å². The van der Waals surface area contributed by atoms with Crippen LogP contribution in [-0.2, 0) is 0 Å². The first-order valence-corrected chi connectivity index (χ1v) is 8.15. The van der Waals surface area contributed by atoms with E-state index in [1.807, 2.05) is 12.1 Å². The van der Waals surface area contributed by atoms with Crippen LogP contribution < -0.4 is 15.1 Å². The van der Waals surface area contributed by atoms with E-state index in [0.29, 0.717) is 23.2 Å². The summed E-state index contributed by atoms with van der Waals surface area (Å²) in [5.41, 5.74) is 1.47. The number of tetrazole rings is 1. The molecular weight excluding hydrogens is 336 g/mol. The Balaban J connectivity index is 1.54.